The molecule has 4 aromatic carbocycles. The van der Waals surface area contributed by atoms with Gasteiger partial charge in [-0.1, -0.05) is 93.6 Å². The third-order valence-electron chi connectivity index (χ3n) is 12.2. The van der Waals surface area contributed by atoms with Gasteiger partial charge in [-0.3, -0.25) is 19.2 Å². The highest BCUT2D eigenvalue weighted by molar-refractivity contribution is 5.99. The van der Waals surface area contributed by atoms with Crippen LogP contribution in [0.4, 0.5) is 21.9 Å². The molecule has 3 saturated heterocycles. The van der Waals surface area contributed by atoms with Gasteiger partial charge in [0.2, 0.25) is 23.6 Å². The predicted octanol–water partition coefficient (Wildman–Crippen LogP) is 6.50. The minimum atomic E-state index is -0.858. The molecule has 5 amide bonds. The fourth-order valence-corrected chi connectivity index (χ4v) is 8.72. The van der Waals surface area contributed by atoms with E-state index in [1.54, 1.807) is 9.80 Å². The zero-order valence-corrected chi connectivity index (χ0v) is 37.8. The van der Waals surface area contributed by atoms with Gasteiger partial charge in [-0.25, -0.2) is 15.6 Å². The van der Waals surface area contributed by atoms with Gasteiger partial charge < -0.3 is 40.1 Å². The lowest BCUT2D eigenvalue weighted by atomic mass is 9.85. The van der Waals surface area contributed by atoms with E-state index in [1.807, 2.05) is 118 Å². The van der Waals surface area contributed by atoms with Crippen molar-refractivity contribution in [2.45, 2.75) is 103 Å². The Morgan fingerprint density at radius 2 is 1.22 bits per heavy atom. The molecule has 0 bridgehead atoms. The number of hydrogen-bond acceptors (Lipinski definition) is 10. The van der Waals surface area contributed by atoms with Crippen molar-refractivity contribution in [2.24, 2.45) is 5.41 Å². The molecule has 5 N–H and O–H groups in total. The van der Waals surface area contributed by atoms with E-state index >= 15 is 0 Å². The molecule has 15 heteroatoms. The van der Waals surface area contributed by atoms with Gasteiger partial charge in [0, 0.05) is 49.8 Å². The molecule has 1 unspecified atom stereocenters. The minimum Gasteiger partial charge on any atom is -0.453 e. The average Bonchev–Trinajstić information content (AvgIpc) is 4.13. The second-order valence-electron chi connectivity index (χ2n) is 18.0. The lowest BCUT2D eigenvalue weighted by Gasteiger charge is -2.35. The smallest absolute Gasteiger partial charge is 0.407 e. The highest BCUT2D eigenvalue weighted by Gasteiger charge is 2.42. The summed E-state index contributed by atoms with van der Waals surface area (Å²) in [6, 6.07) is 32.3. The molecule has 3 fully saturated rings. The van der Waals surface area contributed by atoms with Gasteiger partial charge in [-0.05, 0) is 97.0 Å². The molecule has 0 spiro atoms. The third-order valence-corrected chi connectivity index (χ3v) is 12.2. The number of rotatable bonds is 16. The summed E-state index contributed by atoms with van der Waals surface area (Å²) in [6.45, 7) is 8.33. The van der Waals surface area contributed by atoms with Crippen molar-refractivity contribution in [1.29, 1.82) is 0 Å². The first-order valence-corrected chi connectivity index (χ1v) is 22.6. The van der Waals surface area contributed by atoms with E-state index in [9.17, 15) is 24.0 Å². The number of carbonyl (C=O) groups excluding carboxylic acids is 5. The highest BCUT2D eigenvalue weighted by Crippen LogP contribution is 2.29. The Balaban J connectivity index is 0.962. The summed E-state index contributed by atoms with van der Waals surface area (Å²) in [5.74, 6) is -0.975. The van der Waals surface area contributed by atoms with Crippen molar-refractivity contribution in [3.8, 4) is 0 Å². The number of nitrogens with one attached hydrogen (secondary N) is 5. The molecular formula is C50H62N8O7. The Morgan fingerprint density at radius 3 is 1.71 bits per heavy atom. The van der Waals surface area contributed by atoms with E-state index in [-0.39, 0.29) is 29.9 Å². The Bertz CT molecular complexity index is 2230. The quantitative estimate of drug-likeness (QED) is 0.0783. The van der Waals surface area contributed by atoms with E-state index in [1.165, 1.54) is 7.11 Å². The largest absolute Gasteiger partial charge is 0.453 e. The number of hydrogen-bond donors (Lipinski definition) is 5. The number of carbonyl (C=O) groups is 5. The zero-order valence-electron chi connectivity index (χ0n) is 37.8. The van der Waals surface area contributed by atoms with Crippen molar-refractivity contribution in [2.75, 3.05) is 42.3 Å². The number of likely N-dealkylation sites (tertiary alicyclic amines) is 2. The summed E-state index contributed by atoms with van der Waals surface area (Å²) in [6.07, 6.45) is 3.44. The highest BCUT2D eigenvalue weighted by atomic mass is 16.5. The number of ether oxygens (including phenoxy) is 2. The van der Waals surface area contributed by atoms with Crippen molar-refractivity contribution in [3.63, 3.8) is 0 Å². The van der Waals surface area contributed by atoms with Gasteiger partial charge in [0.05, 0.1) is 7.11 Å². The Kier molecular flexibility index (Phi) is 15.5. The number of amides is 5. The Hall–Kier alpha value is -6.29. The van der Waals surface area contributed by atoms with Gasteiger partial charge in [-0.2, -0.15) is 0 Å². The number of anilines is 3. The van der Waals surface area contributed by atoms with Crippen LogP contribution in [-0.4, -0.2) is 90.7 Å². The summed E-state index contributed by atoms with van der Waals surface area (Å²) in [4.78, 5) is 72.7. The first-order valence-electron chi connectivity index (χ1n) is 22.6. The van der Waals surface area contributed by atoms with Crippen LogP contribution >= 0.6 is 0 Å². The standard InChI is InChI=1S/C50H62N8O7/c1-50(2,3)44(53-49(63)64-4)48(62)58-30-12-19-41(58)46(60)52-38-27-23-35(24-28-38)33-56(39-16-9-6-10-17-39)32-34-21-25-37(26-22-34)51-45(59)40-18-11-29-57(40)47(61)43(36-14-7-5-8-15-36)55-54-42-20-13-31-65-42/h5-10,14-17,21-28,40-44,54-55H,11-13,18-20,29-33H2,1-4H3,(H,51,59)(H,52,60)(H,53,63)/t40-,41?,42+,43+,44+/m0/s1. The van der Waals surface area contributed by atoms with E-state index in [0.717, 1.165) is 41.6 Å². The molecule has 15 nitrogen and oxygen atoms in total. The van der Waals surface area contributed by atoms with Crippen LogP contribution in [0.25, 0.3) is 0 Å². The topological polar surface area (TPSA) is 174 Å². The summed E-state index contributed by atoms with van der Waals surface area (Å²) in [5, 5.41) is 8.73. The molecular weight excluding hydrogens is 825 g/mol. The molecule has 5 atom stereocenters. The Morgan fingerprint density at radius 1 is 0.692 bits per heavy atom. The number of hydrazine groups is 1. The molecule has 0 aromatic heterocycles. The monoisotopic (exact) mass is 886 g/mol. The Labute approximate surface area is 381 Å². The van der Waals surface area contributed by atoms with Gasteiger partial charge in [0.25, 0.3) is 0 Å². The summed E-state index contributed by atoms with van der Waals surface area (Å²) in [5.41, 5.74) is 11.0. The summed E-state index contributed by atoms with van der Waals surface area (Å²) >= 11 is 0. The molecule has 7 rings (SSSR count). The van der Waals surface area contributed by atoms with Crippen LogP contribution in [-0.2, 0) is 41.7 Å². The van der Waals surface area contributed by atoms with Crippen molar-refractivity contribution < 1.29 is 33.4 Å². The van der Waals surface area contributed by atoms with Crippen molar-refractivity contribution in [3.05, 3.63) is 126 Å². The fourth-order valence-electron chi connectivity index (χ4n) is 8.72. The summed E-state index contributed by atoms with van der Waals surface area (Å²) in [7, 11) is 1.25. The molecule has 3 heterocycles. The van der Waals surface area contributed by atoms with Gasteiger partial charge in [0.15, 0.2) is 0 Å². The second kappa shape index (κ2) is 21.6. The fraction of sp³-hybridized carbons (Fsp3) is 0.420. The molecule has 0 saturated carbocycles. The maximum atomic E-state index is 14.1. The van der Waals surface area contributed by atoms with Crippen molar-refractivity contribution in [1.82, 2.24) is 26.0 Å². The van der Waals surface area contributed by atoms with Crippen LogP contribution < -0.4 is 31.7 Å². The van der Waals surface area contributed by atoms with E-state index in [2.05, 4.69) is 43.8 Å². The first-order chi connectivity index (χ1) is 31.4. The van der Waals surface area contributed by atoms with Crippen LogP contribution in [0.5, 0.6) is 0 Å². The molecule has 0 aliphatic carbocycles. The molecule has 0 radical (unpaired) electrons. The zero-order chi connectivity index (χ0) is 45.9. The SMILES string of the molecule is COC(=O)N[C@H](C(=O)N1CCCC1C(=O)Nc1ccc(CN(Cc2ccc(NC(=O)[C@@H]3CCCN3C(=O)[C@H](NN[C@H]3CCCO3)c3ccccc3)cc2)c2ccccc2)cc1)C(C)(C)C. The summed E-state index contributed by atoms with van der Waals surface area (Å²) < 4.78 is 10.5. The minimum absolute atomic E-state index is 0.166. The first kappa shape index (κ1) is 46.7. The van der Waals surface area contributed by atoms with E-state index in [4.69, 9.17) is 9.47 Å². The second-order valence-corrected chi connectivity index (χ2v) is 18.0. The number of nitrogens with zero attached hydrogens (tertiary/aromatic N) is 3. The molecule has 65 heavy (non-hydrogen) atoms. The number of alkyl carbamates (subject to hydrolysis) is 1. The van der Waals surface area contributed by atoms with Crippen LogP contribution in [0.2, 0.25) is 0 Å². The number of benzene rings is 4. The number of methoxy groups -OCH3 is 1. The molecule has 344 valence electrons. The maximum Gasteiger partial charge on any atom is 0.407 e. The van der Waals surface area contributed by atoms with Gasteiger partial charge in [-0.15, -0.1) is 0 Å². The lowest BCUT2D eigenvalue weighted by Crippen LogP contribution is -2.57. The maximum absolute atomic E-state index is 14.1. The predicted molar refractivity (Wildman–Crippen MR) is 249 cm³/mol. The van der Waals surface area contributed by atoms with Crippen molar-refractivity contribution >= 4 is 46.8 Å². The van der Waals surface area contributed by atoms with Crippen LogP contribution in [0.15, 0.2) is 109 Å². The van der Waals surface area contributed by atoms with Crippen LogP contribution in [0.1, 0.15) is 82.0 Å². The molecule has 3 aliphatic rings. The lowest BCUT2D eigenvalue weighted by molar-refractivity contribution is -0.140. The van der Waals surface area contributed by atoms with E-state index in [0.29, 0.717) is 63.4 Å². The molecule has 4 aromatic rings. The van der Waals surface area contributed by atoms with Crippen LogP contribution in [0, 0.1) is 5.41 Å². The third kappa shape index (κ3) is 12.1. The van der Waals surface area contributed by atoms with Gasteiger partial charge >= 0.3 is 6.09 Å². The molecule has 3 aliphatic heterocycles. The van der Waals surface area contributed by atoms with Crippen LogP contribution in [0.3, 0.4) is 0 Å². The van der Waals surface area contributed by atoms with Gasteiger partial charge in [0.1, 0.15) is 30.4 Å². The normalized spacial score (nSPS) is 19.3. The average molecular weight is 887 g/mol. The van der Waals surface area contributed by atoms with E-state index < -0.39 is 35.7 Å². The number of para-hydroxylation sites is 1.